The van der Waals surface area contributed by atoms with E-state index in [0.717, 1.165) is 10.9 Å². The van der Waals surface area contributed by atoms with E-state index in [-0.39, 0.29) is 0 Å². The first kappa shape index (κ1) is 13.2. The highest BCUT2D eigenvalue weighted by Gasteiger charge is 2.16. The fourth-order valence-electron chi connectivity index (χ4n) is 1.94. The molecular formula is C16H11Cl2NO. The summed E-state index contributed by atoms with van der Waals surface area (Å²) in [4.78, 5) is 4.35. The van der Waals surface area contributed by atoms with Crippen LogP contribution in [0.5, 0.6) is 5.75 Å². The van der Waals surface area contributed by atoms with E-state index >= 15 is 0 Å². The average molecular weight is 304 g/mol. The molecule has 1 aliphatic carbocycles. The minimum absolute atomic E-state index is 0.399. The van der Waals surface area contributed by atoms with Crippen molar-refractivity contribution in [2.24, 2.45) is 0 Å². The number of ether oxygens (including phenoxy) is 1. The molecule has 2 aromatic rings. The second-order valence-electron chi connectivity index (χ2n) is 4.32. The summed E-state index contributed by atoms with van der Waals surface area (Å²) in [6.45, 7) is 0. The Morgan fingerprint density at radius 3 is 2.90 bits per heavy atom. The number of alkyl halides is 1. The summed E-state index contributed by atoms with van der Waals surface area (Å²) in [5.74, 6) is 1.13. The molecule has 20 heavy (non-hydrogen) atoms. The van der Waals surface area contributed by atoms with Crippen LogP contribution in [0.15, 0.2) is 71.6 Å². The van der Waals surface area contributed by atoms with Gasteiger partial charge in [-0.1, -0.05) is 48.0 Å². The van der Waals surface area contributed by atoms with E-state index in [1.54, 1.807) is 12.3 Å². The number of nitrogens with zero attached hydrogens (tertiary/aromatic N) is 1. The van der Waals surface area contributed by atoms with Gasteiger partial charge in [-0.25, -0.2) is 0 Å². The molecule has 0 spiro atoms. The number of halogens is 2. The van der Waals surface area contributed by atoms with E-state index in [4.69, 9.17) is 27.9 Å². The van der Waals surface area contributed by atoms with Gasteiger partial charge in [0, 0.05) is 5.39 Å². The van der Waals surface area contributed by atoms with Crippen LogP contribution in [0.1, 0.15) is 0 Å². The largest absolute Gasteiger partial charge is 0.457 e. The van der Waals surface area contributed by atoms with E-state index in [0.29, 0.717) is 16.5 Å². The predicted molar refractivity (Wildman–Crippen MR) is 83.2 cm³/mol. The van der Waals surface area contributed by atoms with E-state index in [9.17, 15) is 0 Å². The lowest BCUT2D eigenvalue weighted by Crippen LogP contribution is -2.08. The van der Waals surface area contributed by atoms with Gasteiger partial charge in [0.25, 0.3) is 0 Å². The number of hydrogen-bond acceptors (Lipinski definition) is 2. The van der Waals surface area contributed by atoms with Gasteiger partial charge >= 0.3 is 0 Å². The van der Waals surface area contributed by atoms with Crippen LogP contribution in [-0.2, 0) is 0 Å². The molecule has 0 bridgehead atoms. The number of para-hydroxylation sites is 1. The Morgan fingerprint density at radius 2 is 2.00 bits per heavy atom. The number of benzene rings is 1. The molecule has 0 fully saturated rings. The lowest BCUT2D eigenvalue weighted by atomic mass is 10.2. The first-order valence-corrected chi connectivity index (χ1v) is 6.97. The first-order chi connectivity index (χ1) is 9.74. The number of rotatable bonds is 2. The topological polar surface area (TPSA) is 22.1 Å². The molecule has 1 aliphatic rings. The van der Waals surface area contributed by atoms with Crippen molar-refractivity contribution in [2.75, 3.05) is 0 Å². The Hall–Kier alpha value is -1.77. The van der Waals surface area contributed by atoms with Crippen LogP contribution in [0.3, 0.4) is 0 Å². The molecule has 1 unspecified atom stereocenters. The van der Waals surface area contributed by atoms with E-state index in [2.05, 4.69) is 4.98 Å². The van der Waals surface area contributed by atoms with Crippen LogP contribution >= 0.6 is 23.2 Å². The Balaban J connectivity index is 1.96. The maximum atomic E-state index is 6.24. The minimum atomic E-state index is -0.399. The van der Waals surface area contributed by atoms with Gasteiger partial charge in [0.2, 0.25) is 0 Å². The van der Waals surface area contributed by atoms with Gasteiger partial charge in [-0.05, 0) is 18.2 Å². The molecule has 100 valence electrons. The fraction of sp³-hybridized carbons (Fsp3) is 0.0625. The van der Waals surface area contributed by atoms with Crippen molar-refractivity contribution in [3.63, 3.8) is 0 Å². The molecule has 0 N–H and O–H groups in total. The zero-order valence-electron chi connectivity index (χ0n) is 10.5. The quantitative estimate of drug-likeness (QED) is 0.744. The molecule has 0 aliphatic heterocycles. The van der Waals surface area contributed by atoms with E-state index in [1.165, 1.54) is 0 Å². The second kappa shape index (κ2) is 5.70. The summed E-state index contributed by atoms with van der Waals surface area (Å²) in [5, 5.41) is 1.10. The van der Waals surface area contributed by atoms with Gasteiger partial charge in [0.15, 0.2) is 0 Å². The van der Waals surface area contributed by atoms with E-state index in [1.807, 2.05) is 48.6 Å². The molecule has 3 rings (SSSR count). The smallest absolute Gasteiger partial charge is 0.146 e. The van der Waals surface area contributed by atoms with Crippen LogP contribution < -0.4 is 4.74 Å². The molecule has 0 saturated carbocycles. The van der Waals surface area contributed by atoms with Crippen molar-refractivity contribution in [1.29, 1.82) is 0 Å². The third-order valence-electron chi connectivity index (χ3n) is 2.91. The van der Waals surface area contributed by atoms with Crippen molar-refractivity contribution in [2.45, 2.75) is 5.38 Å². The SMILES string of the molecule is ClC1=C(Oc2cnc3ccccc3c2)C(Cl)C=CC=C1. The predicted octanol–water partition coefficient (Wildman–Crippen LogP) is 4.80. The molecule has 2 nitrogen and oxygen atoms in total. The Morgan fingerprint density at radius 1 is 1.15 bits per heavy atom. The molecule has 4 heteroatoms. The van der Waals surface area contributed by atoms with Crippen LogP contribution in [0.25, 0.3) is 10.9 Å². The van der Waals surface area contributed by atoms with Gasteiger partial charge in [0.1, 0.15) is 16.9 Å². The molecular weight excluding hydrogens is 293 g/mol. The van der Waals surface area contributed by atoms with Gasteiger partial charge in [-0.2, -0.15) is 0 Å². The van der Waals surface area contributed by atoms with Gasteiger partial charge in [0.05, 0.1) is 16.7 Å². The summed E-state index contributed by atoms with van der Waals surface area (Å²) in [6, 6.07) is 9.76. The van der Waals surface area contributed by atoms with E-state index < -0.39 is 5.38 Å². The zero-order valence-corrected chi connectivity index (χ0v) is 12.0. The summed E-state index contributed by atoms with van der Waals surface area (Å²) < 4.78 is 5.82. The lowest BCUT2D eigenvalue weighted by molar-refractivity contribution is 0.415. The summed E-state index contributed by atoms with van der Waals surface area (Å²) in [7, 11) is 0. The van der Waals surface area contributed by atoms with Crippen LogP contribution in [0, 0.1) is 0 Å². The van der Waals surface area contributed by atoms with Crippen molar-refractivity contribution in [1.82, 2.24) is 4.98 Å². The number of aromatic nitrogens is 1. The maximum absolute atomic E-state index is 6.24. The number of hydrogen-bond donors (Lipinski definition) is 0. The maximum Gasteiger partial charge on any atom is 0.146 e. The lowest BCUT2D eigenvalue weighted by Gasteiger charge is -2.13. The van der Waals surface area contributed by atoms with Crippen molar-refractivity contribution >= 4 is 34.1 Å². The molecule has 0 amide bonds. The monoisotopic (exact) mass is 303 g/mol. The molecule has 1 atom stereocenters. The minimum Gasteiger partial charge on any atom is -0.457 e. The third-order valence-corrected chi connectivity index (χ3v) is 3.57. The van der Waals surface area contributed by atoms with Crippen LogP contribution in [-0.4, -0.2) is 10.4 Å². The Kier molecular flexibility index (Phi) is 3.77. The van der Waals surface area contributed by atoms with Crippen molar-refractivity contribution in [3.8, 4) is 5.75 Å². The zero-order chi connectivity index (χ0) is 13.9. The highest BCUT2D eigenvalue weighted by molar-refractivity contribution is 6.33. The van der Waals surface area contributed by atoms with Gasteiger partial charge in [-0.3, -0.25) is 4.98 Å². The number of fused-ring (bicyclic) bond motifs is 1. The summed E-state index contributed by atoms with van der Waals surface area (Å²) >= 11 is 12.4. The second-order valence-corrected chi connectivity index (χ2v) is 5.20. The Labute approximate surface area is 127 Å². The average Bonchev–Trinajstić information content (AvgIpc) is 2.62. The van der Waals surface area contributed by atoms with Crippen molar-refractivity contribution in [3.05, 3.63) is 71.6 Å². The fourth-order valence-corrected chi connectivity index (χ4v) is 2.47. The number of allylic oxidation sites excluding steroid dienone is 5. The van der Waals surface area contributed by atoms with Gasteiger partial charge < -0.3 is 4.74 Å². The van der Waals surface area contributed by atoms with Crippen LogP contribution in [0.2, 0.25) is 0 Å². The highest BCUT2D eigenvalue weighted by Crippen LogP contribution is 2.27. The molecule has 0 saturated heterocycles. The normalized spacial score (nSPS) is 18.4. The summed E-state index contributed by atoms with van der Waals surface area (Å²) in [6.07, 6.45) is 8.91. The molecule has 1 aromatic heterocycles. The van der Waals surface area contributed by atoms with Crippen molar-refractivity contribution < 1.29 is 4.74 Å². The van der Waals surface area contributed by atoms with Gasteiger partial charge in [-0.15, -0.1) is 11.6 Å². The third kappa shape index (κ3) is 2.72. The highest BCUT2D eigenvalue weighted by atomic mass is 35.5. The molecule has 1 heterocycles. The molecule has 1 aromatic carbocycles. The van der Waals surface area contributed by atoms with Crippen LogP contribution in [0.4, 0.5) is 0 Å². The first-order valence-electron chi connectivity index (χ1n) is 6.15. The molecule has 0 radical (unpaired) electrons. The number of pyridine rings is 1. The standard InChI is InChI=1S/C16H11Cl2NO/c17-13-6-2-3-7-14(18)16(13)20-12-9-11-5-1-4-8-15(11)19-10-12/h1-10,13H. The Bertz CT molecular complexity index is 734. The summed E-state index contributed by atoms with van der Waals surface area (Å²) in [5.41, 5.74) is 0.919.